The topological polar surface area (TPSA) is 36.9 Å². The number of rotatable bonds is 4. The predicted octanol–water partition coefficient (Wildman–Crippen LogP) is 4.06. The summed E-state index contributed by atoms with van der Waals surface area (Å²) in [7, 11) is 1.91. The van der Waals surface area contributed by atoms with E-state index in [1.807, 2.05) is 7.05 Å². The Morgan fingerprint density at radius 3 is 2.74 bits per heavy atom. The first-order valence-electron chi connectivity index (χ1n) is 9.89. The number of aryl methyl sites for hydroxylation is 1. The SMILES string of the molecule is CCC1CN(C(=NC)NCC2(c3ccccc3C)CCOCC2)CCS1.I. The maximum Gasteiger partial charge on any atom is 0.193 e. The summed E-state index contributed by atoms with van der Waals surface area (Å²) in [5.41, 5.74) is 2.98. The third-order valence-corrected chi connectivity index (χ3v) is 7.23. The van der Waals surface area contributed by atoms with Crippen molar-refractivity contribution in [2.24, 2.45) is 4.99 Å². The van der Waals surface area contributed by atoms with Crippen LogP contribution in [0.25, 0.3) is 0 Å². The van der Waals surface area contributed by atoms with Gasteiger partial charge in [0.15, 0.2) is 5.96 Å². The predicted molar refractivity (Wildman–Crippen MR) is 128 cm³/mol. The van der Waals surface area contributed by atoms with Crippen molar-refractivity contribution < 1.29 is 4.74 Å². The summed E-state index contributed by atoms with van der Waals surface area (Å²) < 4.78 is 5.69. The van der Waals surface area contributed by atoms with E-state index in [2.05, 4.69) is 65.1 Å². The Kier molecular flexibility index (Phi) is 9.22. The zero-order valence-corrected chi connectivity index (χ0v) is 20.0. The molecule has 0 spiro atoms. The number of halogens is 1. The van der Waals surface area contributed by atoms with Gasteiger partial charge in [-0.3, -0.25) is 4.99 Å². The molecule has 2 aliphatic rings. The number of thioether (sulfide) groups is 1. The van der Waals surface area contributed by atoms with Crippen LogP contribution in [0.4, 0.5) is 0 Å². The van der Waals surface area contributed by atoms with Crippen molar-refractivity contribution in [2.45, 2.75) is 43.8 Å². The van der Waals surface area contributed by atoms with E-state index >= 15 is 0 Å². The Morgan fingerprint density at radius 2 is 2.07 bits per heavy atom. The van der Waals surface area contributed by atoms with Crippen molar-refractivity contribution in [3.05, 3.63) is 35.4 Å². The molecule has 1 aromatic rings. The van der Waals surface area contributed by atoms with Gasteiger partial charge in [-0.1, -0.05) is 31.2 Å². The molecule has 1 atom stereocenters. The Morgan fingerprint density at radius 1 is 1.33 bits per heavy atom. The summed E-state index contributed by atoms with van der Waals surface area (Å²) in [6, 6.07) is 8.83. The van der Waals surface area contributed by atoms with Crippen LogP contribution < -0.4 is 5.32 Å². The highest BCUT2D eigenvalue weighted by molar-refractivity contribution is 14.0. The van der Waals surface area contributed by atoms with Gasteiger partial charge >= 0.3 is 0 Å². The molecule has 0 amide bonds. The molecule has 2 saturated heterocycles. The molecule has 1 N–H and O–H groups in total. The Bertz CT molecular complexity index is 619. The Balaban J connectivity index is 0.00000261. The van der Waals surface area contributed by atoms with Crippen LogP contribution in [0.2, 0.25) is 0 Å². The van der Waals surface area contributed by atoms with Crippen LogP contribution in [0.1, 0.15) is 37.3 Å². The van der Waals surface area contributed by atoms with Crippen molar-refractivity contribution in [1.29, 1.82) is 0 Å². The molecule has 0 saturated carbocycles. The number of nitrogens with zero attached hydrogens (tertiary/aromatic N) is 2. The van der Waals surface area contributed by atoms with E-state index < -0.39 is 0 Å². The smallest absolute Gasteiger partial charge is 0.193 e. The van der Waals surface area contributed by atoms with Gasteiger partial charge in [-0.15, -0.1) is 24.0 Å². The molecule has 0 aromatic heterocycles. The van der Waals surface area contributed by atoms with Crippen LogP contribution in [0.5, 0.6) is 0 Å². The van der Waals surface area contributed by atoms with Gasteiger partial charge in [0.05, 0.1) is 0 Å². The molecular weight excluding hydrogens is 469 g/mol. The van der Waals surface area contributed by atoms with Crippen molar-refractivity contribution in [3.63, 3.8) is 0 Å². The number of hydrogen-bond donors (Lipinski definition) is 1. The summed E-state index contributed by atoms with van der Waals surface area (Å²) in [5, 5.41) is 4.45. The average Bonchev–Trinajstić information content (AvgIpc) is 2.69. The van der Waals surface area contributed by atoms with Crippen LogP contribution in [0.15, 0.2) is 29.3 Å². The van der Waals surface area contributed by atoms with Gasteiger partial charge in [0.25, 0.3) is 0 Å². The molecule has 0 aliphatic carbocycles. The fraction of sp³-hybridized carbons (Fsp3) is 0.667. The number of guanidine groups is 1. The van der Waals surface area contributed by atoms with Crippen molar-refractivity contribution in [3.8, 4) is 0 Å². The van der Waals surface area contributed by atoms with Crippen LogP contribution in [0, 0.1) is 6.92 Å². The van der Waals surface area contributed by atoms with Gasteiger partial charge in [-0.25, -0.2) is 0 Å². The van der Waals surface area contributed by atoms with E-state index in [9.17, 15) is 0 Å². The second-order valence-electron chi connectivity index (χ2n) is 7.46. The van der Waals surface area contributed by atoms with Gasteiger partial charge in [-0.05, 0) is 37.3 Å². The molecule has 0 radical (unpaired) electrons. The molecule has 2 aliphatic heterocycles. The third kappa shape index (κ3) is 5.54. The highest BCUT2D eigenvalue weighted by Gasteiger charge is 2.36. The molecule has 27 heavy (non-hydrogen) atoms. The molecule has 2 heterocycles. The average molecular weight is 503 g/mol. The van der Waals surface area contributed by atoms with Crippen LogP contribution in [-0.4, -0.2) is 61.8 Å². The zero-order chi connectivity index (χ0) is 18.4. The number of ether oxygens (including phenoxy) is 1. The standard InChI is InChI=1S/C21H33N3OS.HI/c1-4-18-15-24(11-14-26-18)20(22-3)23-16-21(9-12-25-13-10-21)19-8-6-5-7-17(19)2;/h5-8,18H,4,9-16H2,1-3H3,(H,22,23);1H. The second-order valence-corrected chi connectivity index (χ2v) is 8.86. The van der Waals surface area contributed by atoms with E-state index in [1.165, 1.54) is 23.3 Å². The normalized spacial score (nSPS) is 22.9. The first-order chi connectivity index (χ1) is 12.7. The van der Waals surface area contributed by atoms with Crippen LogP contribution in [-0.2, 0) is 10.2 Å². The fourth-order valence-corrected chi connectivity index (χ4v) is 5.39. The van der Waals surface area contributed by atoms with Gasteiger partial charge in [0.1, 0.15) is 0 Å². The minimum atomic E-state index is 0. The van der Waals surface area contributed by atoms with Crippen LogP contribution in [0.3, 0.4) is 0 Å². The molecule has 6 heteroatoms. The lowest BCUT2D eigenvalue weighted by atomic mass is 9.72. The highest BCUT2D eigenvalue weighted by atomic mass is 127. The fourth-order valence-electron chi connectivity index (χ4n) is 4.21. The summed E-state index contributed by atoms with van der Waals surface area (Å²) in [6.07, 6.45) is 3.35. The van der Waals surface area contributed by atoms with Gasteiger partial charge in [-0.2, -0.15) is 11.8 Å². The Hall–Kier alpha value is -0.470. The second kappa shape index (κ2) is 10.9. The lowest BCUT2D eigenvalue weighted by molar-refractivity contribution is 0.0509. The monoisotopic (exact) mass is 503 g/mol. The van der Waals surface area contributed by atoms with Crippen molar-refractivity contribution in [1.82, 2.24) is 10.2 Å². The molecule has 1 unspecified atom stereocenters. The minimum Gasteiger partial charge on any atom is -0.381 e. The Labute approximate surface area is 185 Å². The van der Waals surface area contributed by atoms with Crippen molar-refractivity contribution >= 4 is 41.7 Å². The maximum absolute atomic E-state index is 5.69. The maximum atomic E-state index is 5.69. The minimum absolute atomic E-state index is 0. The van der Waals surface area contributed by atoms with Crippen molar-refractivity contribution in [2.75, 3.05) is 45.6 Å². The molecule has 3 rings (SSSR count). The highest BCUT2D eigenvalue weighted by Crippen LogP contribution is 2.36. The molecule has 4 nitrogen and oxygen atoms in total. The third-order valence-electron chi connectivity index (χ3n) is 5.86. The summed E-state index contributed by atoms with van der Waals surface area (Å²) in [5.74, 6) is 2.25. The van der Waals surface area contributed by atoms with E-state index in [4.69, 9.17) is 4.74 Å². The number of nitrogens with one attached hydrogen (secondary N) is 1. The summed E-state index contributed by atoms with van der Waals surface area (Å²) >= 11 is 2.10. The van der Waals surface area contributed by atoms with Crippen LogP contribution >= 0.6 is 35.7 Å². The molecule has 2 fully saturated rings. The summed E-state index contributed by atoms with van der Waals surface area (Å²) in [4.78, 5) is 7.04. The van der Waals surface area contributed by atoms with E-state index in [0.717, 1.165) is 56.9 Å². The van der Waals surface area contributed by atoms with E-state index in [-0.39, 0.29) is 29.4 Å². The van der Waals surface area contributed by atoms with Gasteiger partial charge in [0.2, 0.25) is 0 Å². The molecule has 152 valence electrons. The quantitative estimate of drug-likeness (QED) is 0.382. The largest absolute Gasteiger partial charge is 0.381 e. The van der Waals surface area contributed by atoms with Gasteiger partial charge < -0.3 is 15.0 Å². The number of hydrogen-bond acceptors (Lipinski definition) is 3. The number of aliphatic imine (C=N–C) groups is 1. The summed E-state index contributed by atoms with van der Waals surface area (Å²) in [6.45, 7) is 9.30. The lowest BCUT2D eigenvalue weighted by Crippen LogP contribution is -2.52. The molecule has 0 bridgehead atoms. The first-order valence-corrected chi connectivity index (χ1v) is 10.9. The first kappa shape index (κ1) is 22.8. The molecular formula is C21H34IN3OS. The van der Waals surface area contributed by atoms with E-state index in [1.54, 1.807) is 0 Å². The van der Waals surface area contributed by atoms with Gasteiger partial charge in [0, 0.05) is 56.3 Å². The van der Waals surface area contributed by atoms with E-state index in [0.29, 0.717) is 0 Å². The molecule has 1 aromatic carbocycles. The zero-order valence-electron chi connectivity index (χ0n) is 16.9. The lowest BCUT2D eigenvalue weighted by Gasteiger charge is -2.41. The number of benzene rings is 1.